The normalized spacial score (nSPS) is 17.2. The number of rotatable bonds is 6. The van der Waals surface area contributed by atoms with Crippen molar-refractivity contribution < 1.29 is 22.9 Å². The zero-order chi connectivity index (χ0) is 22.8. The minimum Gasteiger partial charge on any atom is -0.495 e. The van der Waals surface area contributed by atoms with Crippen molar-refractivity contribution in [3.05, 3.63) is 57.1 Å². The highest BCUT2D eigenvalue weighted by molar-refractivity contribution is 7.89. The second-order valence-electron chi connectivity index (χ2n) is 7.24. The summed E-state index contributed by atoms with van der Waals surface area (Å²) in [5.74, 6) is -0.601. The summed E-state index contributed by atoms with van der Waals surface area (Å²) in [5, 5.41) is 13.9. The Morgan fingerprint density at radius 2 is 2.03 bits per heavy atom. The number of halogens is 1. The largest absolute Gasteiger partial charge is 0.495 e. The second kappa shape index (κ2) is 9.21. The maximum absolute atomic E-state index is 13.1. The Morgan fingerprint density at radius 1 is 1.29 bits per heavy atom. The number of carbonyl (C=O) groups is 1. The van der Waals surface area contributed by atoms with E-state index >= 15 is 0 Å². The summed E-state index contributed by atoms with van der Waals surface area (Å²) in [6.07, 6.45) is 1.02. The summed E-state index contributed by atoms with van der Waals surface area (Å²) < 4.78 is 32.4. The Morgan fingerprint density at radius 3 is 2.68 bits per heavy atom. The lowest BCUT2D eigenvalue weighted by molar-refractivity contribution is -0.384. The van der Waals surface area contributed by atoms with Gasteiger partial charge >= 0.3 is 0 Å². The molecular weight excluding hydrogens is 446 g/mol. The number of carbonyl (C=O) groups excluding carboxylic acids is 1. The molecular formula is C20H22ClN3O6S. The number of hydrogen-bond acceptors (Lipinski definition) is 6. The van der Waals surface area contributed by atoms with Crippen molar-refractivity contribution in [1.29, 1.82) is 0 Å². The molecule has 1 atom stereocenters. The minimum absolute atomic E-state index is 0.00574. The fourth-order valence-corrected chi connectivity index (χ4v) is 5.30. The summed E-state index contributed by atoms with van der Waals surface area (Å²) in [7, 11) is -2.41. The Bertz CT molecular complexity index is 1120. The summed E-state index contributed by atoms with van der Waals surface area (Å²) in [6, 6.07) is 8.43. The molecule has 1 fully saturated rings. The van der Waals surface area contributed by atoms with Gasteiger partial charge in [0.25, 0.3) is 5.69 Å². The molecule has 166 valence electrons. The van der Waals surface area contributed by atoms with Gasteiger partial charge in [0.05, 0.1) is 33.6 Å². The first-order valence-corrected chi connectivity index (χ1v) is 11.3. The first-order chi connectivity index (χ1) is 14.6. The van der Waals surface area contributed by atoms with E-state index in [2.05, 4.69) is 5.32 Å². The van der Waals surface area contributed by atoms with E-state index < -0.39 is 20.9 Å². The van der Waals surface area contributed by atoms with E-state index in [1.54, 1.807) is 13.0 Å². The standard InChI is InChI=1S/C20H22ClN3O6S/c1-13-5-6-15(24(26)27)10-18(13)22-20(25)14-4-3-9-23(12-14)31(28,29)16-7-8-19(30-2)17(21)11-16/h5-8,10-11,14H,3-4,9,12H2,1-2H3,(H,22,25)/t14-/m0/s1. The van der Waals surface area contributed by atoms with Crippen LogP contribution in [0.5, 0.6) is 5.75 Å². The molecule has 0 unspecified atom stereocenters. The van der Waals surface area contributed by atoms with E-state index in [0.717, 1.165) is 0 Å². The average Bonchev–Trinajstić information content (AvgIpc) is 2.75. The molecule has 1 amide bonds. The van der Waals surface area contributed by atoms with Crippen molar-refractivity contribution in [2.24, 2.45) is 5.92 Å². The molecule has 1 heterocycles. The molecule has 1 saturated heterocycles. The summed E-state index contributed by atoms with van der Waals surface area (Å²) in [4.78, 5) is 23.3. The zero-order valence-corrected chi connectivity index (χ0v) is 18.6. The van der Waals surface area contributed by atoms with Crippen LogP contribution in [0.2, 0.25) is 5.02 Å². The van der Waals surface area contributed by atoms with Crippen LogP contribution in [0.4, 0.5) is 11.4 Å². The van der Waals surface area contributed by atoms with Gasteiger partial charge in [-0.25, -0.2) is 8.42 Å². The van der Waals surface area contributed by atoms with Gasteiger partial charge in [-0.1, -0.05) is 17.7 Å². The Kier molecular flexibility index (Phi) is 6.83. The molecule has 1 aliphatic rings. The van der Waals surface area contributed by atoms with E-state index in [-0.39, 0.29) is 34.6 Å². The molecule has 9 nitrogen and oxygen atoms in total. The fraction of sp³-hybridized carbons (Fsp3) is 0.350. The lowest BCUT2D eigenvalue weighted by Crippen LogP contribution is -2.43. The van der Waals surface area contributed by atoms with Crippen LogP contribution in [0.3, 0.4) is 0 Å². The SMILES string of the molecule is COc1ccc(S(=O)(=O)N2CCC[C@H](C(=O)Nc3cc([N+](=O)[O-])ccc3C)C2)cc1Cl. The van der Waals surface area contributed by atoms with E-state index in [1.807, 2.05) is 0 Å². The van der Waals surface area contributed by atoms with Gasteiger partial charge in [0.15, 0.2) is 0 Å². The highest BCUT2D eigenvalue weighted by atomic mass is 35.5. The van der Waals surface area contributed by atoms with Crippen LogP contribution in [0, 0.1) is 23.0 Å². The van der Waals surface area contributed by atoms with Gasteiger partial charge in [-0.05, 0) is 43.5 Å². The number of nitro benzene ring substituents is 1. The highest BCUT2D eigenvalue weighted by Gasteiger charge is 2.34. The molecule has 3 rings (SSSR count). The molecule has 0 aliphatic carbocycles. The topological polar surface area (TPSA) is 119 Å². The lowest BCUT2D eigenvalue weighted by atomic mass is 9.98. The van der Waals surface area contributed by atoms with Crippen molar-refractivity contribution in [2.45, 2.75) is 24.7 Å². The third-order valence-corrected chi connectivity index (χ3v) is 7.36. The van der Waals surface area contributed by atoms with Gasteiger partial charge < -0.3 is 10.1 Å². The van der Waals surface area contributed by atoms with Gasteiger partial charge in [0.2, 0.25) is 15.9 Å². The minimum atomic E-state index is -3.85. The maximum Gasteiger partial charge on any atom is 0.271 e. The van der Waals surface area contributed by atoms with Gasteiger partial charge in [-0.2, -0.15) is 4.31 Å². The third kappa shape index (κ3) is 4.97. The molecule has 1 aliphatic heterocycles. The van der Waals surface area contributed by atoms with Crippen molar-refractivity contribution in [3.63, 3.8) is 0 Å². The first kappa shape index (κ1) is 23.0. The molecule has 1 N–H and O–H groups in total. The molecule has 0 spiro atoms. The van der Waals surface area contributed by atoms with E-state index in [9.17, 15) is 23.3 Å². The van der Waals surface area contributed by atoms with E-state index in [4.69, 9.17) is 16.3 Å². The number of nitrogens with zero attached hydrogens (tertiary/aromatic N) is 2. The third-order valence-electron chi connectivity index (χ3n) is 5.21. The molecule has 0 saturated carbocycles. The molecule has 0 bridgehead atoms. The average molecular weight is 468 g/mol. The van der Waals surface area contributed by atoms with Crippen molar-refractivity contribution >= 4 is 38.9 Å². The number of methoxy groups -OCH3 is 1. The Hall–Kier alpha value is -2.69. The monoisotopic (exact) mass is 467 g/mol. The number of benzene rings is 2. The number of nitrogens with one attached hydrogen (secondary N) is 1. The van der Waals surface area contributed by atoms with Gasteiger partial charge in [0, 0.05) is 25.2 Å². The smallest absolute Gasteiger partial charge is 0.271 e. The Balaban J connectivity index is 1.77. The van der Waals surface area contributed by atoms with Crippen LogP contribution < -0.4 is 10.1 Å². The summed E-state index contributed by atoms with van der Waals surface area (Å²) in [5.41, 5.74) is 0.873. The molecule has 0 radical (unpaired) electrons. The summed E-state index contributed by atoms with van der Waals surface area (Å²) in [6.45, 7) is 2.02. The Labute approximate surface area is 185 Å². The second-order valence-corrected chi connectivity index (χ2v) is 9.59. The number of amides is 1. The van der Waals surface area contributed by atoms with E-state index in [1.165, 1.54) is 41.7 Å². The van der Waals surface area contributed by atoms with Crippen LogP contribution in [0.1, 0.15) is 18.4 Å². The first-order valence-electron chi connectivity index (χ1n) is 9.53. The number of sulfonamides is 1. The molecule has 11 heteroatoms. The lowest BCUT2D eigenvalue weighted by Gasteiger charge is -2.31. The predicted molar refractivity (Wildman–Crippen MR) is 116 cm³/mol. The van der Waals surface area contributed by atoms with Crippen LogP contribution in [0.15, 0.2) is 41.3 Å². The van der Waals surface area contributed by atoms with Gasteiger partial charge in [-0.3, -0.25) is 14.9 Å². The van der Waals surface area contributed by atoms with Crippen LogP contribution in [-0.2, 0) is 14.8 Å². The highest BCUT2D eigenvalue weighted by Crippen LogP contribution is 2.31. The molecule has 31 heavy (non-hydrogen) atoms. The number of non-ortho nitro benzene ring substituents is 1. The van der Waals surface area contributed by atoms with Crippen LogP contribution in [-0.4, -0.2) is 43.8 Å². The quantitative estimate of drug-likeness (QED) is 0.512. The van der Waals surface area contributed by atoms with Crippen molar-refractivity contribution in [2.75, 3.05) is 25.5 Å². The zero-order valence-electron chi connectivity index (χ0n) is 17.0. The van der Waals surface area contributed by atoms with Gasteiger partial charge in [-0.15, -0.1) is 0 Å². The number of piperidine rings is 1. The number of hydrogen-bond donors (Lipinski definition) is 1. The van der Waals surface area contributed by atoms with Crippen LogP contribution >= 0.6 is 11.6 Å². The van der Waals surface area contributed by atoms with Crippen molar-refractivity contribution in [1.82, 2.24) is 4.31 Å². The maximum atomic E-state index is 13.1. The number of ether oxygens (including phenoxy) is 1. The van der Waals surface area contributed by atoms with Crippen LogP contribution in [0.25, 0.3) is 0 Å². The molecule has 0 aromatic heterocycles. The number of nitro groups is 1. The number of anilines is 1. The van der Waals surface area contributed by atoms with Gasteiger partial charge in [0.1, 0.15) is 5.75 Å². The predicted octanol–water partition coefficient (Wildman–Crippen LogP) is 3.60. The number of aryl methyl sites for hydroxylation is 1. The fourth-order valence-electron chi connectivity index (χ4n) is 3.42. The van der Waals surface area contributed by atoms with Crippen molar-refractivity contribution in [3.8, 4) is 5.75 Å². The van der Waals surface area contributed by atoms with E-state index in [0.29, 0.717) is 29.8 Å². The molecule has 2 aromatic carbocycles. The molecule has 2 aromatic rings. The summed E-state index contributed by atoms with van der Waals surface area (Å²) >= 11 is 6.07.